The van der Waals surface area contributed by atoms with E-state index in [1.165, 1.54) is 6.26 Å². The topological polar surface area (TPSA) is 58.6 Å². The third-order valence-corrected chi connectivity index (χ3v) is 6.38. The lowest BCUT2D eigenvalue weighted by Crippen LogP contribution is -2.52. The Kier molecular flexibility index (Phi) is 7.10. The highest BCUT2D eigenvalue weighted by atomic mass is 32.2. The minimum atomic E-state index is -3.07. The van der Waals surface area contributed by atoms with E-state index in [1.54, 1.807) is 11.4 Å². The van der Waals surface area contributed by atoms with E-state index in [1.807, 2.05) is 7.05 Å². The van der Waals surface area contributed by atoms with Gasteiger partial charge in [0.25, 0.3) is 0 Å². The number of hydrogen-bond donors (Lipinski definition) is 1. The van der Waals surface area contributed by atoms with Gasteiger partial charge in [0, 0.05) is 26.2 Å². The molecule has 0 radical (unpaired) electrons. The maximum atomic E-state index is 11.7. The van der Waals surface area contributed by atoms with Gasteiger partial charge in [0.05, 0.1) is 11.9 Å². The number of rotatable bonds is 8. The Morgan fingerprint density at radius 2 is 2.00 bits per heavy atom. The number of nitrogens with zero attached hydrogens (tertiary/aromatic N) is 1. The molecule has 0 aliphatic carbocycles. The fourth-order valence-electron chi connectivity index (χ4n) is 3.62. The summed E-state index contributed by atoms with van der Waals surface area (Å²) in [6.45, 7) is 5.61. The number of nitrogens with one attached hydrogen (secondary N) is 1. The zero-order chi connectivity index (χ0) is 16.1. The third-order valence-electron chi connectivity index (χ3n) is 5.11. The molecule has 0 amide bonds. The van der Waals surface area contributed by atoms with Crippen molar-refractivity contribution in [2.24, 2.45) is 5.92 Å². The molecule has 0 aromatic rings. The fraction of sp³-hybridized carbons (Fsp3) is 1.00. The van der Waals surface area contributed by atoms with E-state index in [4.69, 9.17) is 4.74 Å². The predicted octanol–water partition coefficient (Wildman–Crippen LogP) is 1.84. The van der Waals surface area contributed by atoms with Crippen LogP contribution in [-0.4, -0.2) is 57.9 Å². The van der Waals surface area contributed by atoms with Crippen molar-refractivity contribution >= 4 is 10.0 Å². The van der Waals surface area contributed by atoms with E-state index in [0.29, 0.717) is 19.0 Å². The summed E-state index contributed by atoms with van der Waals surface area (Å²) in [6.07, 6.45) is 6.21. The molecule has 21 heavy (non-hydrogen) atoms. The summed E-state index contributed by atoms with van der Waals surface area (Å²) in [5.41, 5.74) is -0.165. The summed E-state index contributed by atoms with van der Waals surface area (Å²) in [5, 5.41) is 3.40. The van der Waals surface area contributed by atoms with Crippen LogP contribution in [0.3, 0.4) is 0 Å². The van der Waals surface area contributed by atoms with Crippen molar-refractivity contribution in [1.29, 1.82) is 0 Å². The maximum absolute atomic E-state index is 11.7. The molecule has 1 aliphatic rings. The molecule has 0 spiro atoms. The van der Waals surface area contributed by atoms with Crippen LogP contribution < -0.4 is 5.32 Å². The van der Waals surface area contributed by atoms with Gasteiger partial charge in [0.2, 0.25) is 10.0 Å². The summed E-state index contributed by atoms with van der Waals surface area (Å²) >= 11 is 0. The minimum Gasteiger partial charge on any atom is -0.377 e. The second-order valence-corrected chi connectivity index (χ2v) is 8.16. The van der Waals surface area contributed by atoms with E-state index in [-0.39, 0.29) is 11.6 Å². The van der Waals surface area contributed by atoms with Crippen molar-refractivity contribution < 1.29 is 13.2 Å². The van der Waals surface area contributed by atoms with Crippen LogP contribution in [0.1, 0.15) is 46.0 Å². The van der Waals surface area contributed by atoms with Gasteiger partial charge in [-0.05, 0) is 45.1 Å². The van der Waals surface area contributed by atoms with Gasteiger partial charge in [-0.3, -0.25) is 0 Å². The second kappa shape index (κ2) is 7.90. The number of sulfonamides is 1. The highest BCUT2D eigenvalue weighted by Crippen LogP contribution is 2.31. The zero-order valence-corrected chi connectivity index (χ0v) is 15.0. The fourth-order valence-corrected chi connectivity index (χ4v) is 4.57. The average molecular weight is 320 g/mol. The molecule has 1 rings (SSSR count). The molecule has 126 valence electrons. The molecule has 1 saturated heterocycles. The number of methoxy groups -OCH3 is 1. The molecule has 1 fully saturated rings. The van der Waals surface area contributed by atoms with E-state index in [2.05, 4.69) is 19.2 Å². The largest absolute Gasteiger partial charge is 0.377 e. The molecular weight excluding hydrogens is 288 g/mol. The van der Waals surface area contributed by atoms with E-state index < -0.39 is 10.0 Å². The summed E-state index contributed by atoms with van der Waals surface area (Å²) in [7, 11) is 0.680. The van der Waals surface area contributed by atoms with Gasteiger partial charge in [-0.1, -0.05) is 13.8 Å². The van der Waals surface area contributed by atoms with Crippen molar-refractivity contribution in [3.05, 3.63) is 0 Å². The van der Waals surface area contributed by atoms with Crippen molar-refractivity contribution in [1.82, 2.24) is 9.62 Å². The quantitative estimate of drug-likeness (QED) is 0.741. The first-order chi connectivity index (χ1) is 9.82. The molecule has 2 atom stereocenters. The van der Waals surface area contributed by atoms with Crippen LogP contribution in [0.4, 0.5) is 0 Å². The molecule has 0 bridgehead atoms. The summed E-state index contributed by atoms with van der Waals surface area (Å²) in [5.74, 6) is 0.401. The summed E-state index contributed by atoms with van der Waals surface area (Å²) in [4.78, 5) is 0. The van der Waals surface area contributed by atoms with Gasteiger partial charge in [0.1, 0.15) is 0 Å². The first kappa shape index (κ1) is 18.9. The lowest BCUT2D eigenvalue weighted by Gasteiger charge is -2.41. The number of likely N-dealkylation sites (N-methyl/N-ethyl adjacent to an activating group) is 1. The first-order valence-electron chi connectivity index (χ1n) is 8.00. The SMILES string of the molecule is CCC(CC)(OC)C(CC1CCCN(S(C)(=O)=O)C1)NC. The molecule has 6 heteroatoms. The van der Waals surface area contributed by atoms with Crippen molar-refractivity contribution in [3.8, 4) is 0 Å². The predicted molar refractivity (Wildman–Crippen MR) is 86.9 cm³/mol. The lowest BCUT2D eigenvalue weighted by atomic mass is 9.81. The van der Waals surface area contributed by atoms with Crippen LogP contribution in [0.15, 0.2) is 0 Å². The van der Waals surface area contributed by atoms with Crippen LogP contribution in [0, 0.1) is 5.92 Å². The Labute approximate surface area is 130 Å². The van der Waals surface area contributed by atoms with Crippen LogP contribution in [0.25, 0.3) is 0 Å². The molecule has 0 aromatic heterocycles. The van der Waals surface area contributed by atoms with Crippen LogP contribution in [0.5, 0.6) is 0 Å². The highest BCUT2D eigenvalue weighted by Gasteiger charge is 2.37. The van der Waals surface area contributed by atoms with Gasteiger partial charge in [-0.25, -0.2) is 12.7 Å². The Morgan fingerprint density at radius 3 is 2.43 bits per heavy atom. The van der Waals surface area contributed by atoms with Crippen LogP contribution in [0.2, 0.25) is 0 Å². The van der Waals surface area contributed by atoms with Crippen LogP contribution >= 0.6 is 0 Å². The van der Waals surface area contributed by atoms with Gasteiger partial charge >= 0.3 is 0 Å². The minimum absolute atomic E-state index is 0.165. The van der Waals surface area contributed by atoms with Crippen LogP contribution in [-0.2, 0) is 14.8 Å². The second-order valence-electron chi connectivity index (χ2n) is 6.18. The third kappa shape index (κ3) is 4.65. The lowest BCUT2D eigenvalue weighted by molar-refractivity contribution is -0.0526. The van der Waals surface area contributed by atoms with Gasteiger partial charge in [-0.2, -0.15) is 0 Å². The van der Waals surface area contributed by atoms with Gasteiger partial charge in [0.15, 0.2) is 0 Å². The molecule has 0 aromatic carbocycles. The molecule has 1 heterocycles. The molecule has 1 N–H and O–H groups in total. The zero-order valence-electron chi connectivity index (χ0n) is 14.2. The van der Waals surface area contributed by atoms with Crippen molar-refractivity contribution in [2.45, 2.75) is 57.6 Å². The van der Waals surface area contributed by atoms with Gasteiger partial charge in [-0.15, -0.1) is 0 Å². The number of hydrogen-bond acceptors (Lipinski definition) is 4. The monoisotopic (exact) mass is 320 g/mol. The average Bonchev–Trinajstić information content (AvgIpc) is 2.47. The molecule has 1 aliphatic heterocycles. The summed E-state index contributed by atoms with van der Waals surface area (Å²) < 4.78 is 30.9. The Bertz CT molecular complexity index is 399. The van der Waals surface area contributed by atoms with E-state index in [9.17, 15) is 8.42 Å². The highest BCUT2D eigenvalue weighted by molar-refractivity contribution is 7.88. The van der Waals surface area contributed by atoms with Gasteiger partial charge < -0.3 is 10.1 Å². The Hall–Kier alpha value is -0.170. The Morgan fingerprint density at radius 1 is 1.38 bits per heavy atom. The summed E-state index contributed by atoms with van der Waals surface area (Å²) in [6, 6.07) is 0.252. The standard InChI is InChI=1S/C15H32N2O3S/c1-6-15(7-2,20-4)14(16-3)11-13-9-8-10-17(12-13)21(5,18)19/h13-14,16H,6-12H2,1-5H3. The maximum Gasteiger partial charge on any atom is 0.211 e. The molecule has 0 saturated carbocycles. The van der Waals surface area contributed by atoms with Crippen molar-refractivity contribution in [2.75, 3.05) is 33.5 Å². The van der Waals surface area contributed by atoms with E-state index >= 15 is 0 Å². The van der Waals surface area contributed by atoms with E-state index in [0.717, 1.165) is 32.1 Å². The molecular formula is C15H32N2O3S. The molecule has 5 nitrogen and oxygen atoms in total. The Balaban J connectivity index is 2.77. The first-order valence-corrected chi connectivity index (χ1v) is 9.85. The number of ether oxygens (including phenoxy) is 1. The van der Waals surface area contributed by atoms with Crippen molar-refractivity contribution in [3.63, 3.8) is 0 Å². The molecule has 2 unspecified atom stereocenters. The smallest absolute Gasteiger partial charge is 0.211 e. The normalized spacial score (nSPS) is 23.2. The number of piperidine rings is 1.